The first-order valence-electron chi connectivity index (χ1n) is 9.25. The Bertz CT molecular complexity index is 1180. The van der Waals surface area contributed by atoms with Crippen LogP contribution in [0.4, 0.5) is 26.5 Å². The Morgan fingerprint density at radius 1 is 1.28 bits per heavy atom. The molecule has 1 unspecified atom stereocenters. The Hall–Kier alpha value is -3.38. The lowest BCUT2D eigenvalue weighted by atomic mass is 10.1. The highest BCUT2D eigenvalue weighted by atomic mass is 31.2. The number of cyclic esters (lactones) is 1. The molecule has 0 radical (unpaired) electrons. The van der Waals surface area contributed by atoms with E-state index in [9.17, 15) is 13.8 Å². The highest BCUT2D eigenvalue weighted by molar-refractivity contribution is 7.46. The molecule has 1 fully saturated rings. The number of benzene rings is 1. The molecule has 1 atom stereocenters. The summed E-state index contributed by atoms with van der Waals surface area (Å²) in [6.45, 7) is -0.518. The number of carbonyl (C=O) groups is 1. The van der Waals surface area contributed by atoms with Crippen molar-refractivity contribution in [2.24, 2.45) is 7.05 Å². The first-order chi connectivity index (χ1) is 15.2. The van der Waals surface area contributed by atoms with E-state index in [1.165, 1.54) is 29.2 Å². The highest BCUT2D eigenvalue weighted by Gasteiger charge is 2.34. The average molecular weight is 464 g/mol. The molecule has 0 saturated carbocycles. The van der Waals surface area contributed by atoms with Gasteiger partial charge < -0.3 is 19.8 Å². The van der Waals surface area contributed by atoms with Gasteiger partial charge in [-0.05, 0) is 30.3 Å². The Balaban J connectivity index is 1.45. The lowest BCUT2D eigenvalue weighted by Gasteiger charge is -2.14. The van der Waals surface area contributed by atoms with E-state index in [0.29, 0.717) is 17.2 Å². The molecular weight excluding hydrogens is 446 g/mol. The van der Waals surface area contributed by atoms with Gasteiger partial charge in [-0.15, -0.1) is 5.10 Å². The van der Waals surface area contributed by atoms with Crippen molar-refractivity contribution in [2.45, 2.75) is 6.10 Å². The van der Waals surface area contributed by atoms with Crippen molar-refractivity contribution in [3.63, 3.8) is 0 Å². The number of aryl methyl sites for hydroxylation is 1. The molecule has 14 heteroatoms. The summed E-state index contributed by atoms with van der Waals surface area (Å²) in [5, 5.41) is 11.0. The maximum Gasteiger partial charge on any atom is 0.469 e. The monoisotopic (exact) mass is 464 g/mol. The number of halogens is 1. The van der Waals surface area contributed by atoms with Gasteiger partial charge in [0, 0.05) is 24.4 Å². The molecule has 1 aliphatic heterocycles. The lowest BCUT2D eigenvalue weighted by Crippen LogP contribution is -2.25. The van der Waals surface area contributed by atoms with Gasteiger partial charge in [0.15, 0.2) is 5.82 Å². The normalized spacial score (nSPS) is 16.3. The Morgan fingerprint density at radius 3 is 2.72 bits per heavy atom. The molecule has 4 rings (SSSR count). The van der Waals surface area contributed by atoms with E-state index in [1.807, 2.05) is 0 Å². The first kappa shape index (κ1) is 21.8. The van der Waals surface area contributed by atoms with Crippen LogP contribution in [0.15, 0.2) is 42.7 Å². The second-order valence-corrected chi connectivity index (χ2v) is 8.08. The van der Waals surface area contributed by atoms with Crippen LogP contribution in [0.2, 0.25) is 0 Å². The van der Waals surface area contributed by atoms with Crippen LogP contribution in [0.25, 0.3) is 11.1 Å². The molecule has 2 aromatic heterocycles. The number of pyridine rings is 1. The molecule has 0 bridgehead atoms. The zero-order valence-corrected chi connectivity index (χ0v) is 17.5. The second-order valence-electron chi connectivity index (χ2n) is 6.84. The molecule has 3 N–H and O–H groups in total. The topological polar surface area (TPSA) is 152 Å². The zero-order valence-electron chi connectivity index (χ0n) is 16.6. The van der Waals surface area contributed by atoms with Crippen molar-refractivity contribution in [3.05, 3.63) is 48.5 Å². The molecule has 32 heavy (non-hydrogen) atoms. The molecule has 3 heterocycles. The summed E-state index contributed by atoms with van der Waals surface area (Å²) in [5.41, 5.74) is 1.04. The molecule has 0 aliphatic carbocycles. The summed E-state index contributed by atoms with van der Waals surface area (Å²) in [7, 11) is -3.00. The van der Waals surface area contributed by atoms with Crippen molar-refractivity contribution in [3.8, 4) is 11.1 Å². The van der Waals surface area contributed by atoms with Crippen molar-refractivity contribution in [2.75, 3.05) is 23.4 Å². The summed E-state index contributed by atoms with van der Waals surface area (Å²) >= 11 is 0. The van der Waals surface area contributed by atoms with Gasteiger partial charge in [-0.25, -0.2) is 18.7 Å². The Kier molecular flexibility index (Phi) is 5.89. The number of rotatable bonds is 7. The van der Waals surface area contributed by atoms with E-state index < -0.39 is 32.4 Å². The van der Waals surface area contributed by atoms with Gasteiger partial charge in [0.1, 0.15) is 17.7 Å². The third-order valence-corrected chi connectivity index (χ3v) is 4.98. The second kappa shape index (κ2) is 8.63. The van der Waals surface area contributed by atoms with Gasteiger partial charge in [-0.1, -0.05) is 0 Å². The van der Waals surface area contributed by atoms with Gasteiger partial charge in [0.25, 0.3) is 0 Å². The quantitative estimate of drug-likeness (QED) is 0.444. The van der Waals surface area contributed by atoms with Crippen LogP contribution in [0.5, 0.6) is 0 Å². The number of aromatic nitrogens is 4. The molecule has 168 valence electrons. The summed E-state index contributed by atoms with van der Waals surface area (Å²) in [6, 6.07) is 7.57. The molecule has 1 amide bonds. The fourth-order valence-corrected chi connectivity index (χ4v) is 3.43. The molecule has 1 saturated heterocycles. The van der Waals surface area contributed by atoms with Crippen LogP contribution >= 0.6 is 7.82 Å². The zero-order chi connectivity index (χ0) is 22.9. The number of phosphoric acid groups is 1. The van der Waals surface area contributed by atoms with Crippen LogP contribution in [-0.4, -0.2) is 55.1 Å². The van der Waals surface area contributed by atoms with Crippen molar-refractivity contribution >= 4 is 31.2 Å². The third-order valence-electron chi connectivity index (χ3n) is 4.50. The maximum atomic E-state index is 14.8. The van der Waals surface area contributed by atoms with Crippen molar-refractivity contribution in [1.82, 2.24) is 20.0 Å². The number of anilines is 3. The summed E-state index contributed by atoms with van der Waals surface area (Å²) in [6.07, 6.45) is 1.38. The van der Waals surface area contributed by atoms with E-state index in [0.717, 1.165) is 4.90 Å². The molecular formula is C18H18FN6O6P. The Labute approximate surface area is 180 Å². The van der Waals surface area contributed by atoms with Crippen LogP contribution in [0, 0.1) is 5.82 Å². The standard InChI is InChI=1S/C18H18FN6O6P/c1-24-21-8-17(23-24)22-16-5-2-11(7-20-16)14-4-3-12(6-15(14)19)25-9-13(31-18(25)26)10-30-32(27,28)29/h2-8,13H,9-10H2,1H3,(H,20,22,23)(H2,27,28,29). The highest BCUT2D eigenvalue weighted by Crippen LogP contribution is 2.37. The molecule has 1 aliphatic rings. The molecule has 12 nitrogen and oxygen atoms in total. The van der Waals surface area contributed by atoms with Crippen LogP contribution < -0.4 is 10.2 Å². The maximum absolute atomic E-state index is 14.8. The van der Waals surface area contributed by atoms with Gasteiger partial charge in [0.05, 0.1) is 25.0 Å². The minimum atomic E-state index is -4.69. The van der Waals surface area contributed by atoms with Gasteiger partial charge in [-0.2, -0.15) is 9.90 Å². The van der Waals surface area contributed by atoms with Crippen LogP contribution in [0.1, 0.15) is 0 Å². The number of ether oxygens (including phenoxy) is 1. The summed E-state index contributed by atoms with van der Waals surface area (Å²) in [5.74, 6) is 0.446. The number of hydrogen-bond donors (Lipinski definition) is 3. The average Bonchev–Trinajstić information content (AvgIpc) is 3.31. The summed E-state index contributed by atoms with van der Waals surface area (Å²) < 4.78 is 35.0. The smallest absolute Gasteiger partial charge is 0.441 e. The van der Waals surface area contributed by atoms with Crippen molar-refractivity contribution < 1.29 is 32.8 Å². The predicted octanol–water partition coefficient (Wildman–Crippen LogP) is 2.19. The van der Waals surface area contributed by atoms with Crippen molar-refractivity contribution in [1.29, 1.82) is 0 Å². The number of phosphoric ester groups is 1. The number of nitrogens with zero attached hydrogens (tertiary/aromatic N) is 5. The van der Waals surface area contributed by atoms with E-state index in [1.54, 1.807) is 25.4 Å². The van der Waals surface area contributed by atoms with Gasteiger partial charge in [0.2, 0.25) is 0 Å². The number of nitrogens with one attached hydrogen (secondary N) is 1. The van der Waals surface area contributed by atoms with Gasteiger partial charge >= 0.3 is 13.9 Å². The van der Waals surface area contributed by atoms with E-state index in [2.05, 4.69) is 25.0 Å². The molecule has 3 aromatic rings. The van der Waals surface area contributed by atoms with Gasteiger partial charge in [-0.3, -0.25) is 9.42 Å². The first-order valence-corrected chi connectivity index (χ1v) is 10.8. The van der Waals surface area contributed by atoms with E-state index >= 15 is 0 Å². The lowest BCUT2D eigenvalue weighted by molar-refractivity contribution is 0.0880. The molecule has 0 spiro atoms. The van der Waals surface area contributed by atoms with Crippen LogP contribution in [0.3, 0.4) is 0 Å². The fraction of sp³-hybridized carbons (Fsp3) is 0.222. The Morgan fingerprint density at radius 2 is 2.09 bits per heavy atom. The summed E-state index contributed by atoms with van der Waals surface area (Å²) in [4.78, 5) is 36.4. The van der Waals surface area contributed by atoms with E-state index in [4.69, 9.17) is 14.5 Å². The van der Waals surface area contributed by atoms with Crippen LogP contribution in [-0.2, 0) is 20.9 Å². The predicted molar refractivity (Wildman–Crippen MR) is 110 cm³/mol. The minimum absolute atomic E-state index is 0.0398. The number of amides is 1. The SMILES string of the molecule is Cn1ncc(Nc2ccc(-c3ccc(N4CC(COP(=O)(O)O)OC4=O)cc3F)cn2)n1. The third kappa shape index (κ3) is 5.08. The fourth-order valence-electron chi connectivity index (χ4n) is 3.07. The molecule has 1 aromatic carbocycles. The largest absolute Gasteiger partial charge is 0.469 e. The number of hydrogen-bond acceptors (Lipinski definition) is 8. The van der Waals surface area contributed by atoms with E-state index in [-0.39, 0.29) is 17.8 Å². The minimum Gasteiger partial charge on any atom is -0.441 e. The number of carbonyl (C=O) groups excluding carboxylic acids is 1.